The van der Waals surface area contributed by atoms with Gasteiger partial charge in [0.25, 0.3) is 0 Å². The Balaban J connectivity index is 2.24. The summed E-state index contributed by atoms with van der Waals surface area (Å²) in [4.78, 5) is 54.5. The smallest absolute Gasteiger partial charge is 0.328 e. The maximum atomic E-state index is 13.5. The van der Waals surface area contributed by atoms with Gasteiger partial charge in [0, 0.05) is 13.0 Å². The van der Waals surface area contributed by atoms with Gasteiger partial charge in [0.05, 0.1) is 12.6 Å². The van der Waals surface area contributed by atoms with Gasteiger partial charge >= 0.3 is 5.97 Å². The van der Waals surface area contributed by atoms with Gasteiger partial charge in [-0.2, -0.15) is 0 Å². The number of nitrogens with zero attached hydrogens (tertiary/aromatic N) is 1. The van der Waals surface area contributed by atoms with Gasteiger partial charge in [0.1, 0.15) is 29.6 Å². The minimum absolute atomic E-state index is 0.00548. The van der Waals surface area contributed by atoms with Crippen molar-refractivity contribution in [2.45, 2.75) is 49.9 Å². The summed E-state index contributed by atoms with van der Waals surface area (Å²) in [6.45, 7) is -0.766. The number of phenolic OH excluding ortho intramolecular Hbond substituents is 2. The largest absolute Gasteiger partial charge is 0.508 e. The number of nitrogens with one attached hydrogen (secondary N) is 3. The number of aromatic hydroxyl groups is 2. The van der Waals surface area contributed by atoms with Crippen molar-refractivity contribution in [1.82, 2.24) is 16.0 Å². The lowest BCUT2D eigenvalue weighted by Crippen LogP contribution is -2.58. The maximum absolute atomic E-state index is 13.5. The lowest BCUT2D eigenvalue weighted by atomic mass is 10.0. The number of phenols is 2. The van der Waals surface area contributed by atoms with Crippen molar-refractivity contribution in [1.29, 1.82) is 0 Å². The lowest BCUT2D eigenvalue weighted by molar-refractivity contribution is -0.143. The molecule has 0 radical (unpaired) electrons. The third-order valence-corrected chi connectivity index (χ3v) is 6.11. The first kappa shape index (κ1) is 33.3. The Morgan fingerprint density at radius 1 is 0.738 bits per heavy atom. The molecule has 0 fully saturated rings. The third-order valence-electron chi connectivity index (χ3n) is 6.11. The van der Waals surface area contributed by atoms with Gasteiger partial charge < -0.3 is 53.6 Å². The highest BCUT2D eigenvalue weighted by atomic mass is 16.4. The van der Waals surface area contributed by atoms with Crippen molar-refractivity contribution in [3.05, 3.63) is 59.7 Å². The number of guanidine groups is 1. The molecule has 228 valence electrons. The predicted molar refractivity (Wildman–Crippen MR) is 152 cm³/mol. The summed E-state index contributed by atoms with van der Waals surface area (Å²) in [5, 5.41) is 44.9. The highest BCUT2D eigenvalue weighted by Crippen LogP contribution is 2.13. The summed E-state index contributed by atoms with van der Waals surface area (Å²) in [6, 6.07) is 6.84. The van der Waals surface area contributed by atoms with E-state index in [2.05, 4.69) is 20.9 Å². The van der Waals surface area contributed by atoms with Crippen LogP contribution in [0, 0.1) is 0 Å². The second-order valence-electron chi connectivity index (χ2n) is 9.50. The molecule has 0 bridgehead atoms. The fourth-order valence-corrected chi connectivity index (χ4v) is 3.84. The molecule has 2 rings (SSSR count). The predicted octanol–water partition coefficient (Wildman–Crippen LogP) is -2.20. The Kier molecular flexibility index (Phi) is 13.0. The van der Waals surface area contributed by atoms with E-state index in [0.717, 1.165) is 0 Å². The monoisotopic (exact) mass is 587 g/mol. The van der Waals surface area contributed by atoms with Crippen LogP contribution < -0.4 is 33.2 Å². The number of aliphatic imine (C=N–C) groups is 1. The number of rotatable bonds is 16. The molecule has 13 N–H and O–H groups in total. The van der Waals surface area contributed by atoms with Crippen LogP contribution >= 0.6 is 0 Å². The molecule has 3 amide bonds. The van der Waals surface area contributed by atoms with Gasteiger partial charge in [-0.05, 0) is 54.7 Å². The number of aliphatic hydroxyl groups excluding tert-OH is 1. The zero-order valence-electron chi connectivity index (χ0n) is 22.8. The van der Waals surface area contributed by atoms with Gasteiger partial charge in [-0.1, -0.05) is 24.3 Å². The second kappa shape index (κ2) is 16.4. The fourth-order valence-electron chi connectivity index (χ4n) is 3.84. The van der Waals surface area contributed by atoms with Crippen LogP contribution in [-0.4, -0.2) is 87.4 Å². The first-order valence-corrected chi connectivity index (χ1v) is 13.0. The summed E-state index contributed by atoms with van der Waals surface area (Å²) in [5.74, 6) is -3.92. The Labute approximate surface area is 241 Å². The first-order valence-electron chi connectivity index (χ1n) is 13.0. The molecule has 15 nitrogen and oxygen atoms in total. The third kappa shape index (κ3) is 11.3. The highest BCUT2D eigenvalue weighted by molar-refractivity contribution is 5.94. The Morgan fingerprint density at radius 3 is 1.71 bits per heavy atom. The molecule has 0 heterocycles. The zero-order valence-corrected chi connectivity index (χ0v) is 22.8. The van der Waals surface area contributed by atoms with E-state index in [0.29, 0.717) is 11.1 Å². The molecule has 15 heteroatoms. The summed E-state index contributed by atoms with van der Waals surface area (Å²) in [5.41, 5.74) is 18.0. The van der Waals surface area contributed by atoms with E-state index in [1.165, 1.54) is 24.3 Å². The summed E-state index contributed by atoms with van der Waals surface area (Å²) < 4.78 is 0. The number of hydrogen-bond donors (Lipinski definition) is 10. The minimum atomic E-state index is -1.61. The number of benzene rings is 2. The number of aliphatic carboxylic acids is 1. The molecule has 4 unspecified atom stereocenters. The van der Waals surface area contributed by atoms with Crippen LogP contribution in [0.15, 0.2) is 53.5 Å². The molecule has 0 spiro atoms. The van der Waals surface area contributed by atoms with Crippen LogP contribution in [0.2, 0.25) is 0 Å². The molecule has 0 aliphatic carbocycles. The molecule has 0 saturated carbocycles. The number of aliphatic hydroxyl groups is 1. The molecular weight excluding hydrogens is 550 g/mol. The maximum Gasteiger partial charge on any atom is 0.328 e. The van der Waals surface area contributed by atoms with E-state index in [1.807, 2.05) is 0 Å². The molecule has 0 saturated heterocycles. The van der Waals surface area contributed by atoms with Gasteiger partial charge in [0.2, 0.25) is 17.7 Å². The standard InChI is InChI=1S/C27H37N7O8/c28-19(12-15-3-7-17(36)8-4-15)23(38)33-21(13-16-5-9-18(37)10-6-16)25(40)32-20(2-1-11-31-27(29)30)24(39)34-22(14-35)26(41)42/h3-10,19-22,35-37H,1-2,11-14,28H2,(H,32,40)(H,33,38)(H,34,39)(H,41,42)(H4,29,30,31). The van der Waals surface area contributed by atoms with E-state index in [-0.39, 0.29) is 49.7 Å². The summed E-state index contributed by atoms with van der Waals surface area (Å²) >= 11 is 0. The van der Waals surface area contributed by atoms with E-state index in [9.17, 15) is 39.6 Å². The number of amides is 3. The van der Waals surface area contributed by atoms with E-state index < -0.39 is 54.5 Å². The number of carboxylic acid groups (broad SMARTS) is 1. The fraction of sp³-hybridized carbons (Fsp3) is 0.370. The van der Waals surface area contributed by atoms with Crippen LogP contribution in [0.4, 0.5) is 0 Å². The van der Waals surface area contributed by atoms with Crippen LogP contribution in [0.1, 0.15) is 24.0 Å². The Morgan fingerprint density at radius 2 is 1.21 bits per heavy atom. The molecule has 0 aromatic heterocycles. The van der Waals surface area contributed by atoms with Crippen molar-refractivity contribution >= 4 is 29.7 Å². The van der Waals surface area contributed by atoms with E-state index >= 15 is 0 Å². The van der Waals surface area contributed by atoms with Crippen LogP contribution in [0.3, 0.4) is 0 Å². The molecule has 0 aliphatic rings. The topological polar surface area (TPSA) is 276 Å². The quantitative estimate of drug-likeness (QED) is 0.0571. The lowest BCUT2D eigenvalue weighted by Gasteiger charge is -2.25. The average Bonchev–Trinajstić information content (AvgIpc) is 2.94. The zero-order chi connectivity index (χ0) is 31.2. The van der Waals surface area contributed by atoms with Crippen molar-refractivity contribution < 1.29 is 39.6 Å². The number of carbonyl (C=O) groups excluding carboxylic acids is 3. The number of carbonyl (C=O) groups is 4. The molecule has 4 atom stereocenters. The van der Waals surface area contributed by atoms with Crippen molar-refractivity contribution in [3.8, 4) is 11.5 Å². The summed E-state index contributed by atoms with van der Waals surface area (Å²) in [7, 11) is 0. The first-order chi connectivity index (χ1) is 19.9. The highest BCUT2D eigenvalue weighted by Gasteiger charge is 2.30. The minimum Gasteiger partial charge on any atom is -0.508 e. The van der Waals surface area contributed by atoms with Crippen molar-refractivity contribution in [2.24, 2.45) is 22.2 Å². The van der Waals surface area contributed by atoms with Crippen molar-refractivity contribution in [2.75, 3.05) is 13.2 Å². The van der Waals surface area contributed by atoms with Crippen LogP contribution in [0.5, 0.6) is 11.5 Å². The average molecular weight is 588 g/mol. The normalized spacial score (nSPS) is 13.6. The number of carboxylic acids is 1. The number of nitrogens with two attached hydrogens (primary N) is 3. The number of hydrogen-bond acceptors (Lipinski definition) is 9. The molecule has 42 heavy (non-hydrogen) atoms. The second-order valence-corrected chi connectivity index (χ2v) is 9.50. The Hall–Kier alpha value is -4.89. The van der Waals surface area contributed by atoms with Gasteiger partial charge in [-0.25, -0.2) is 4.79 Å². The molecule has 2 aromatic carbocycles. The summed E-state index contributed by atoms with van der Waals surface area (Å²) in [6.07, 6.45) is 0.277. The van der Waals surface area contributed by atoms with Crippen LogP contribution in [0.25, 0.3) is 0 Å². The molecular formula is C27H37N7O8. The molecule has 2 aromatic rings. The van der Waals surface area contributed by atoms with E-state index in [4.69, 9.17) is 17.2 Å². The van der Waals surface area contributed by atoms with E-state index in [1.54, 1.807) is 24.3 Å². The van der Waals surface area contributed by atoms with Gasteiger partial charge in [-0.3, -0.25) is 19.4 Å². The Bertz CT molecular complexity index is 1230. The SMILES string of the molecule is NC(N)=NCCCC(NC(=O)C(Cc1ccc(O)cc1)NC(=O)C(N)Cc1ccc(O)cc1)C(=O)NC(CO)C(=O)O. The van der Waals surface area contributed by atoms with Crippen LogP contribution in [-0.2, 0) is 32.0 Å². The van der Waals surface area contributed by atoms with Gasteiger partial charge in [-0.15, -0.1) is 0 Å². The molecule has 0 aliphatic heterocycles. The van der Waals surface area contributed by atoms with Crippen molar-refractivity contribution in [3.63, 3.8) is 0 Å². The van der Waals surface area contributed by atoms with Gasteiger partial charge in [0.15, 0.2) is 5.96 Å².